The summed E-state index contributed by atoms with van der Waals surface area (Å²) in [5, 5.41) is 0. The molecular formula is C39H38N2O8. The molecule has 0 aliphatic carbocycles. The predicted octanol–water partition coefficient (Wildman–Crippen LogP) is 5.12. The molecule has 10 nitrogen and oxygen atoms in total. The van der Waals surface area contributed by atoms with Gasteiger partial charge in [0.25, 0.3) is 5.56 Å². The number of aromatic nitrogens is 2. The maximum Gasteiger partial charge on any atom is 0.330 e. The molecule has 5 aromatic rings. The molecule has 0 spiro atoms. The van der Waals surface area contributed by atoms with Crippen LogP contribution in [0, 0.1) is 6.92 Å². The topological polar surface area (TPSA) is 110 Å². The third-order valence-corrected chi connectivity index (χ3v) is 9.37. The lowest BCUT2D eigenvalue weighted by atomic mass is 9.79. The van der Waals surface area contributed by atoms with E-state index in [-0.39, 0.29) is 13.2 Å². The van der Waals surface area contributed by atoms with Crippen molar-refractivity contribution in [1.29, 1.82) is 0 Å². The molecule has 4 atom stereocenters. The zero-order chi connectivity index (χ0) is 34.0. The van der Waals surface area contributed by atoms with E-state index in [4.69, 9.17) is 28.4 Å². The average Bonchev–Trinajstić information content (AvgIpc) is 3.65. The first-order chi connectivity index (χ1) is 23.9. The summed E-state index contributed by atoms with van der Waals surface area (Å²) >= 11 is 0. The van der Waals surface area contributed by atoms with E-state index in [0.717, 1.165) is 22.3 Å². The highest BCUT2D eigenvalue weighted by Gasteiger charge is 2.64. The molecule has 2 aliphatic rings. The fraction of sp³-hybridized carbons (Fsp3) is 0.282. The van der Waals surface area contributed by atoms with Crippen LogP contribution in [-0.4, -0.2) is 54.8 Å². The molecule has 49 heavy (non-hydrogen) atoms. The summed E-state index contributed by atoms with van der Waals surface area (Å²) in [6.07, 6.45) is -0.628. The second kappa shape index (κ2) is 13.5. The molecule has 7 rings (SSSR count). The second-order valence-corrected chi connectivity index (χ2v) is 12.3. The van der Waals surface area contributed by atoms with Crippen molar-refractivity contribution in [2.45, 2.75) is 43.2 Å². The largest absolute Gasteiger partial charge is 0.497 e. The van der Waals surface area contributed by atoms with Gasteiger partial charge in [-0.2, -0.15) is 0 Å². The number of fused-ring (bicyclic) bond motifs is 2. The monoisotopic (exact) mass is 662 g/mol. The molecule has 0 saturated carbocycles. The quantitative estimate of drug-likeness (QED) is 0.183. The normalized spacial score (nSPS) is 21.5. The Morgan fingerprint density at radius 1 is 0.816 bits per heavy atom. The van der Waals surface area contributed by atoms with Gasteiger partial charge < -0.3 is 28.4 Å². The van der Waals surface area contributed by atoms with Crippen LogP contribution in [0.2, 0.25) is 0 Å². The van der Waals surface area contributed by atoms with E-state index in [2.05, 4.69) is 4.98 Å². The Kier molecular flexibility index (Phi) is 8.96. The van der Waals surface area contributed by atoms with Gasteiger partial charge in [0.2, 0.25) is 0 Å². The SMILES string of the molecule is COc1ccc(C(OC[C@]23CO[C@H]([C@H](n4cc(C)c(=O)[nH]c4=O)O2)[C@H]3OCc2ccccc2)(c2ccccc2)c2ccc(OC)cc2)cc1. The van der Waals surface area contributed by atoms with Crippen LogP contribution < -0.4 is 20.7 Å². The van der Waals surface area contributed by atoms with E-state index in [1.165, 1.54) is 10.8 Å². The van der Waals surface area contributed by atoms with Crippen LogP contribution in [0.5, 0.6) is 11.5 Å². The Bertz CT molecular complexity index is 1950. The summed E-state index contributed by atoms with van der Waals surface area (Å²) in [6, 6.07) is 35.4. The van der Waals surface area contributed by atoms with Gasteiger partial charge >= 0.3 is 5.69 Å². The van der Waals surface area contributed by atoms with Crippen LogP contribution in [0.3, 0.4) is 0 Å². The van der Waals surface area contributed by atoms with Crippen LogP contribution in [0.4, 0.5) is 0 Å². The molecule has 2 saturated heterocycles. The van der Waals surface area contributed by atoms with Crippen LogP contribution in [0.15, 0.2) is 125 Å². The number of ether oxygens (including phenoxy) is 6. The lowest BCUT2D eigenvalue weighted by Gasteiger charge is -2.40. The summed E-state index contributed by atoms with van der Waals surface area (Å²) in [5.74, 6) is 1.42. The summed E-state index contributed by atoms with van der Waals surface area (Å²) in [4.78, 5) is 27.7. The molecule has 0 unspecified atom stereocenters. The van der Waals surface area contributed by atoms with Gasteiger partial charge in [-0.1, -0.05) is 84.9 Å². The van der Waals surface area contributed by atoms with E-state index in [9.17, 15) is 9.59 Å². The number of aryl methyl sites for hydroxylation is 1. The smallest absolute Gasteiger partial charge is 0.330 e. The van der Waals surface area contributed by atoms with Gasteiger partial charge in [-0.05, 0) is 53.4 Å². The van der Waals surface area contributed by atoms with Crippen LogP contribution in [-0.2, 0) is 31.2 Å². The lowest BCUT2D eigenvalue weighted by molar-refractivity contribution is -0.206. The van der Waals surface area contributed by atoms with Gasteiger partial charge in [-0.3, -0.25) is 14.3 Å². The first kappa shape index (κ1) is 32.5. The Hall–Kier alpha value is -5.00. The van der Waals surface area contributed by atoms with E-state index in [1.807, 2.05) is 109 Å². The first-order valence-electron chi connectivity index (χ1n) is 16.1. The van der Waals surface area contributed by atoms with Gasteiger partial charge in [0, 0.05) is 11.8 Å². The van der Waals surface area contributed by atoms with Gasteiger partial charge in [0.15, 0.2) is 6.23 Å². The van der Waals surface area contributed by atoms with Crippen molar-refractivity contribution < 1.29 is 28.4 Å². The van der Waals surface area contributed by atoms with Gasteiger partial charge in [0.1, 0.15) is 34.9 Å². The minimum absolute atomic E-state index is 0.0312. The first-order valence-corrected chi connectivity index (χ1v) is 16.1. The highest BCUT2D eigenvalue weighted by atomic mass is 16.7. The molecule has 1 N–H and O–H groups in total. The third kappa shape index (κ3) is 5.97. The maximum atomic E-state index is 13.1. The number of hydrogen-bond acceptors (Lipinski definition) is 8. The molecule has 10 heteroatoms. The molecule has 0 amide bonds. The molecule has 0 radical (unpaired) electrons. The Balaban J connectivity index is 1.33. The zero-order valence-electron chi connectivity index (χ0n) is 27.5. The standard InChI is InChI=1S/C39H38N2O8/c1-26-22-41(37(43)40-35(26)42)36-33-34(46-23-27-10-6-4-7-11-27)38(49-36,24-47-33)25-48-39(28-12-8-5-9-13-28,29-14-18-31(44-2)19-15-29)30-16-20-32(45-3)21-17-30/h4-22,33-34,36H,23-25H2,1-3H3,(H,40,42,43)/t33-,34+,36+,38-/m0/s1. The molecular weight excluding hydrogens is 624 g/mol. The van der Waals surface area contributed by atoms with Crippen molar-refractivity contribution in [1.82, 2.24) is 9.55 Å². The fourth-order valence-corrected chi connectivity index (χ4v) is 6.81. The van der Waals surface area contributed by atoms with E-state index < -0.39 is 40.9 Å². The minimum Gasteiger partial charge on any atom is -0.497 e. The maximum absolute atomic E-state index is 13.1. The van der Waals surface area contributed by atoms with E-state index in [0.29, 0.717) is 23.7 Å². The van der Waals surface area contributed by atoms with Crippen molar-refractivity contribution in [3.8, 4) is 11.5 Å². The predicted molar refractivity (Wildman–Crippen MR) is 182 cm³/mol. The highest BCUT2D eigenvalue weighted by molar-refractivity contribution is 5.50. The number of benzene rings is 4. The number of methoxy groups -OCH3 is 2. The Morgan fingerprint density at radius 2 is 1.39 bits per heavy atom. The number of aromatic amines is 1. The van der Waals surface area contributed by atoms with Crippen molar-refractivity contribution in [2.24, 2.45) is 0 Å². The minimum atomic E-state index is -1.12. The van der Waals surface area contributed by atoms with E-state index in [1.54, 1.807) is 21.1 Å². The van der Waals surface area contributed by atoms with E-state index >= 15 is 0 Å². The van der Waals surface area contributed by atoms with Gasteiger partial charge in [-0.25, -0.2) is 4.79 Å². The Morgan fingerprint density at radius 3 is 1.98 bits per heavy atom. The Labute approximate surface area is 283 Å². The van der Waals surface area contributed by atoms with Gasteiger partial charge in [0.05, 0.1) is 34.0 Å². The molecule has 1 aromatic heterocycles. The average molecular weight is 663 g/mol. The summed E-state index contributed by atoms with van der Waals surface area (Å²) in [5.41, 5.74) is 0.683. The molecule has 2 bridgehead atoms. The fourth-order valence-electron chi connectivity index (χ4n) is 6.81. The number of nitrogens with one attached hydrogen (secondary N) is 1. The van der Waals surface area contributed by atoms with Crippen LogP contribution in [0.1, 0.15) is 34.0 Å². The molecule has 2 aliphatic heterocycles. The highest BCUT2D eigenvalue weighted by Crippen LogP contribution is 2.49. The summed E-state index contributed by atoms with van der Waals surface area (Å²) in [7, 11) is 3.27. The molecule has 4 aromatic carbocycles. The zero-order valence-corrected chi connectivity index (χ0v) is 27.5. The van der Waals surface area contributed by atoms with Gasteiger partial charge in [-0.15, -0.1) is 0 Å². The van der Waals surface area contributed by atoms with Crippen LogP contribution >= 0.6 is 0 Å². The lowest BCUT2D eigenvalue weighted by Crippen LogP contribution is -2.49. The molecule has 252 valence electrons. The summed E-state index contributed by atoms with van der Waals surface area (Å²) in [6.45, 7) is 2.14. The van der Waals surface area contributed by atoms with Crippen molar-refractivity contribution >= 4 is 0 Å². The number of hydrogen-bond donors (Lipinski definition) is 1. The number of H-pyrrole nitrogens is 1. The number of nitrogens with zero attached hydrogens (tertiary/aromatic N) is 1. The van der Waals surface area contributed by atoms with Crippen molar-refractivity contribution in [3.63, 3.8) is 0 Å². The summed E-state index contributed by atoms with van der Waals surface area (Å²) < 4.78 is 39.4. The van der Waals surface area contributed by atoms with Crippen molar-refractivity contribution in [2.75, 3.05) is 27.4 Å². The second-order valence-electron chi connectivity index (χ2n) is 12.3. The van der Waals surface area contributed by atoms with Crippen LogP contribution in [0.25, 0.3) is 0 Å². The third-order valence-electron chi connectivity index (χ3n) is 9.37. The molecule has 3 heterocycles. The molecule has 2 fully saturated rings. The number of rotatable bonds is 12. The van der Waals surface area contributed by atoms with Crippen molar-refractivity contribution in [3.05, 3.63) is 164 Å².